The number of rotatable bonds is 7. The molecule has 0 aliphatic heterocycles. The zero-order valence-electron chi connectivity index (χ0n) is 18.3. The number of oxime groups is 1. The second-order valence-electron chi connectivity index (χ2n) is 7.36. The summed E-state index contributed by atoms with van der Waals surface area (Å²) in [6.07, 6.45) is 0. The minimum atomic E-state index is -0.489. The minimum Gasteiger partial charge on any atom is -0.438 e. The van der Waals surface area contributed by atoms with Crippen LogP contribution in [0.2, 0.25) is 0 Å². The summed E-state index contributed by atoms with van der Waals surface area (Å²) in [5, 5.41) is 16.6. The Hall–Kier alpha value is -4.15. The van der Waals surface area contributed by atoms with E-state index in [1.54, 1.807) is 6.92 Å². The highest BCUT2D eigenvalue weighted by atomic mass is 79.9. The van der Waals surface area contributed by atoms with Crippen LogP contribution in [0.5, 0.6) is 0 Å². The van der Waals surface area contributed by atoms with Gasteiger partial charge < -0.3 is 9.25 Å². The highest BCUT2D eigenvalue weighted by molar-refractivity contribution is 9.10. The molecule has 1 heterocycles. The fourth-order valence-corrected chi connectivity index (χ4v) is 3.66. The quantitative estimate of drug-likeness (QED) is 0.222. The summed E-state index contributed by atoms with van der Waals surface area (Å²) in [5.41, 5.74) is 3.98. The predicted molar refractivity (Wildman–Crippen MR) is 135 cm³/mol. The molecule has 6 nitrogen and oxygen atoms in total. The predicted octanol–water partition coefficient (Wildman–Crippen LogP) is 6.63. The Balaban J connectivity index is 1.56. The number of hydrogen-bond acceptors (Lipinski definition) is 5. The van der Waals surface area contributed by atoms with Crippen LogP contribution in [0, 0.1) is 11.3 Å². The van der Waals surface area contributed by atoms with Gasteiger partial charge in [-0.05, 0) is 30.2 Å². The summed E-state index contributed by atoms with van der Waals surface area (Å²) in [6, 6.07) is 28.7. The van der Waals surface area contributed by atoms with Crippen LogP contribution < -0.4 is 5.32 Å². The largest absolute Gasteiger partial charge is 0.438 e. The van der Waals surface area contributed by atoms with E-state index < -0.39 is 5.91 Å². The highest BCUT2D eigenvalue weighted by Gasteiger charge is 2.24. The van der Waals surface area contributed by atoms with Crippen molar-refractivity contribution in [2.75, 3.05) is 11.9 Å². The standard InChI is InChI=1S/C27H20BrN3O3/c1-18(19-12-14-22(28)15-13-19)31-33-17-24(32)30-27-23(16-29)25(20-8-4-2-5-9-20)26(34-27)21-10-6-3-7-11-21/h2-15H,17H2,1H3,(H,30,32)/b31-18-. The van der Waals surface area contributed by atoms with Gasteiger partial charge in [0.2, 0.25) is 5.88 Å². The van der Waals surface area contributed by atoms with Crippen LogP contribution in [-0.2, 0) is 9.63 Å². The van der Waals surface area contributed by atoms with Crippen molar-refractivity contribution in [2.24, 2.45) is 5.16 Å². The summed E-state index contributed by atoms with van der Waals surface area (Å²) < 4.78 is 6.96. The van der Waals surface area contributed by atoms with Crippen LogP contribution >= 0.6 is 15.9 Å². The van der Waals surface area contributed by atoms with E-state index in [2.05, 4.69) is 32.5 Å². The molecule has 0 aliphatic rings. The Morgan fingerprint density at radius 3 is 2.24 bits per heavy atom. The lowest BCUT2D eigenvalue weighted by atomic mass is 9.98. The number of furan rings is 1. The first-order valence-electron chi connectivity index (χ1n) is 10.5. The van der Waals surface area contributed by atoms with Gasteiger partial charge in [0.25, 0.3) is 5.91 Å². The van der Waals surface area contributed by atoms with Crippen molar-refractivity contribution >= 4 is 33.4 Å². The van der Waals surface area contributed by atoms with Gasteiger partial charge in [0.05, 0.1) is 5.71 Å². The van der Waals surface area contributed by atoms with E-state index in [1.165, 1.54) is 0 Å². The molecule has 168 valence electrons. The smallest absolute Gasteiger partial charge is 0.267 e. The number of carbonyl (C=O) groups is 1. The zero-order chi connectivity index (χ0) is 23.9. The summed E-state index contributed by atoms with van der Waals surface area (Å²) in [4.78, 5) is 17.8. The van der Waals surface area contributed by atoms with Crippen LogP contribution in [0.15, 0.2) is 99.0 Å². The third-order valence-corrected chi connectivity index (χ3v) is 5.56. The van der Waals surface area contributed by atoms with E-state index in [0.717, 1.165) is 21.2 Å². The molecule has 0 bridgehead atoms. The van der Waals surface area contributed by atoms with E-state index in [0.29, 0.717) is 17.0 Å². The summed E-state index contributed by atoms with van der Waals surface area (Å²) in [6.45, 7) is 1.46. The molecule has 0 radical (unpaired) electrons. The molecule has 34 heavy (non-hydrogen) atoms. The van der Waals surface area contributed by atoms with Gasteiger partial charge in [-0.1, -0.05) is 93.9 Å². The second-order valence-corrected chi connectivity index (χ2v) is 8.28. The van der Waals surface area contributed by atoms with E-state index in [9.17, 15) is 10.1 Å². The third-order valence-electron chi connectivity index (χ3n) is 5.03. The lowest BCUT2D eigenvalue weighted by molar-refractivity contribution is -0.120. The number of nitrogens with one attached hydrogen (secondary N) is 1. The maximum atomic E-state index is 12.6. The molecule has 0 spiro atoms. The average Bonchev–Trinajstić information content (AvgIpc) is 3.23. The fraction of sp³-hybridized carbons (Fsp3) is 0.0741. The van der Waals surface area contributed by atoms with Crippen LogP contribution in [0.4, 0.5) is 5.88 Å². The molecule has 3 aromatic carbocycles. The van der Waals surface area contributed by atoms with Gasteiger partial charge >= 0.3 is 0 Å². The van der Waals surface area contributed by atoms with Crippen molar-refractivity contribution in [3.8, 4) is 28.5 Å². The molecule has 4 aromatic rings. The lowest BCUT2D eigenvalue weighted by Crippen LogP contribution is -2.17. The Morgan fingerprint density at radius 1 is 1.00 bits per heavy atom. The lowest BCUT2D eigenvalue weighted by Gasteiger charge is -2.04. The summed E-state index contributed by atoms with van der Waals surface area (Å²) in [7, 11) is 0. The SMILES string of the molecule is C/C(=N/OCC(=O)Nc1oc(-c2ccccc2)c(-c2ccccc2)c1C#N)c1ccc(Br)cc1. The highest BCUT2D eigenvalue weighted by Crippen LogP contribution is 2.41. The number of halogens is 1. The van der Waals surface area contributed by atoms with Gasteiger partial charge in [0, 0.05) is 15.6 Å². The Labute approximate surface area is 205 Å². The Bertz CT molecular complexity index is 1360. The molecule has 1 N–H and O–H groups in total. The van der Waals surface area contributed by atoms with Gasteiger partial charge in [0.1, 0.15) is 17.4 Å². The molecule has 0 atom stereocenters. The van der Waals surface area contributed by atoms with Crippen molar-refractivity contribution < 1.29 is 14.0 Å². The molecule has 0 unspecified atom stereocenters. The first kappa shape index (κ1) is 23.0. The van der Waals surface area contributed by atoms with E-state index >= 15 is 0 Å². The Morgan fingerprint density at radius 2 is 1.62 bits per heavy atom. The first-order chi connectivity index (χ1) is 16.6. The molecule has 0 aliphatic carbocycles. The van der Waals surface area contributed by atoms with Crippen LogP contribution in [0.1, 0.15) is 18.1 Å². The minimum absolute atomic E-state index is 0.0717. The number of nitriles is 1. The number of anilines is 1. The summed E-state index contributed by atoms with van der Waals surface area (Å²) in [5.74, 6) is 0.0860. The van der Waals surface area contributed by atoms with Gasteiger partial charge in [0.15, 0.2) is 6.61 Å². The van der Waals surface area contributed by atoms with Crippen molar-refractivity contribution in [1.29, 1.82) is 5.26 Å². The van der Waals surface area contributed by atoms with E-state index in [1.807, 2.05) is 84.9 Å². The first-order valence-corrected chi connectivity index (χ1v) is 11.3. The Kier molecular flexibility index (Phi) is 7.21. The average molecular weight is 514 g/mol. The second kappa shape index (κ2) is 10.6. The molecule has 0 saturated heterocycles. The van der Waals surface area contributed by atoms with Gasteiger partial charge in [-0.15, -0.1) is 0 Å². The van der Waals surface area contributed by atoms with Crippen LogP contribution in [0.25, 0.3) is 22.5 Å². The zero-order valence-corrected chi connectivity index (χ0v) is 19.9. The van der Waals surface area contributed by atoms with Gasteiger partial charge in [-0.3, -0.25) is 10.1 Å². The third kappa shape index (κ3) is 5.25. The molecule has 4 rings (SSSR count). The topological polar surface area (TPSA) is 87.6 Å². The number of benzene rings is 3. The molecule has 7 heteroatoms. The van der Waals surface area contributed by atoms with Crippen LogP contribution in [0.3, 0.4) is 0 Å². The molecule has 1 amide bonds. The maximum absolute atomic E-state index is 12.6. The normalized spacial score (nSPS) is 11.0. The van der Waals surface area contributed by atoms with Gasteiger partial charge in [-0.2, -0.15) is 5.26 Å². The van der Waals surface area contributed by atoms with Gasteiger partial charge in [-0.25, -0.2) is 0 Å². The molecular weight excluding hydrogens is 494 g/mol. The number of nitrogens with zero attached hydrogens (tertiary/aromatic N) is 2. The van der Waals surface area contributed by atoms with Crippen molar-refractivity contribution in [3.05, 3.63) is 101 Å². The van der Waals surface area contributed by atoms with E-state index in [-0.39, 0.29) is 18.1 Å². The maximum Gasteiger partial charge on any atom is 0.267 e. The monoisotopic (exact) mass is 513 g/mol. The van der Waals surface area contributed by atoms with Crippen molar-refractivity contribution in [1.82, 2.24) is 0 Å². The molecule has 1 aromatic heterocycles. The number of amides is 1. The fourth-order valence-electron chi connectivity index (χ4n) is 3.39. The molecule has 0 fully saturated rings. The summed E-state index contributed by atoms with van der Waals surface area (Å²) >= 11 is 3.39. The molecular formula is C27H20BrN3O3. The number of hydrogen-bond donors (Lipinski definition) is 1. The number of carbonyl (C=O) groups excluding carboxylic acids is 1. The molecule has 0 saturated carbocycles. The van der Waals surface area contributed by atoms with Crippen LogP contribution in [-0.4, -0.2) is 18.2 Å². The van der Waals surface area contributed by atoms with E-state index in [4.69, 9.17) is 9.25 Å². The van der Waals surface area contributed by atoms with Crippen molar-refractivity contribution in [2.45, 2.75) is 6.92 Å². The van der Waals surface area contributed by atoms with Crippen molar-refractivity contribution in [3.63, 3.8) is 0 Å².